The van der Waals surface area contributed by atoms with Crippen molar-refractivity contribution >= 4 is 9.84 Å². The first-order valence-corrected chi connectivity index (χ1v) is 5.36. The maximum absolute atomic E-state index is 10.8. The fourth-order valence-corrected chi connectivity index (χ4v) is 0.673. The molecule has 0 aliphatic heterocycles. The summed E-state index contributed by atoms with van der Waals surface area (Å²) in [7, 11) is -3.00. The van der Waals surface area contributed by atoms with Gasteiger partial charge >= 0.3 is 0 Å². The second kappa shape index (κ2) is 3.76. The lowest BCUT2D eigenvalue weighted by Gasteiger charge is -2.04. The molecule has 0 aliphatic rings. The minimum atomic E-state index is -3.00. The van der Waals surface area contributed by atoms with Gasteiger partial charge in [-0.05, 0) is 20.8 Å². The van der Waals surface area contributed by atoms with Crippen LogP contribution in [0.25, 0.3) is 0 Å². The number of hydrogen-bond donors (Lipinski definition) is 1. The van der Waals surface area contributed by atoms with E-state index in [-0.39, 0.29) is 6.04 Å². The molecule has 0 spiro atoms. The molecule has 1 N–H and O–H groups in total. The standard InChI is InChI=1S/C7H15NO2S/c1-6(2)8-5-7(3)11(4,9)10/h5-6,8H,1-4H3/b7-5+. The highest BCUT2D eigenvalue weighted by molar-refractivity contribution is 7.94. The fraction of sp³-hybridized carbons (Fsp3) is 0.714. The Morgan fingerprint density at radius 2 is 1.91 bits per heavy atom. The first-order valence-electron chi connectivity index (χ1n) is 3.47. The normalized spacial score (nSPS) is 13.7. The van der Waals surface area contributed by atoms with Gasteiger partial charge in [0, 0.05) is 18.5 Å². The number of nitrogens with one attached hydrogen (secondary N) is 1. The van der Waals surface area contributed by atoms with Gasteiger partial charge in [0.2, 0.25) is 0 Å². The lowest BCUT2D eigenvalue weighted by atomic mass is 10.4. The van der Waals surface area contributed by atoms with Gasteiger partial charge in [0.1, 0.15) is 0 Å². The van der Waals surface area contributed by atoms with Gasteiger partial charge in [-0.1, -0.05) is 0 Å². The van der Waals surface area contributed by atoms with Gasteiger partial charge in [0.25, 0.3) is 0 Å². The molecular weight excluding hydrogens is 162 g/mol. The number of allylic oxidation sites excluding steroid dienone is 1. The second-order valence-electron chi connectivity index (χ2n) is 2.85. The van der Waals surface area contributed by atoms with E-state index in [1.807, 2.05) is 13.8 Å². The lowest BCUT2D eigenvalue weighted by Crippen LogP contribution is -2.17. The minimum absolute atomic E-state index is 0.270. The van der Waals surface area contributed by atoms with E-state index < -0.39 is 9.84 Å². The number of sulfone groups is 1. The molecule has 0 heterocycles. The van der Waals surface area contributed by atoms with Crippen molar-refractivity contribution in [3.8, 4) is 0 Å². The van der Waals surface area contributed by atoms with Crippen molar-refractivity contribution in [2.24, 2.45) is 0 Å². The van der Waals surface area contributed by atoms with Crippen LogP contribution in [0.5, 0.6) is 0 Å². The summed E-state index contributed by atoms with van der Waals surface area (Å²) in [6.45, 7) is 5.48. The SMILES string of the molecule is C/C(=C\NC(C)C)S(C)(=O)=O. The van der Waals surface area contributed by atoms with E-state index in [0.29, 0.717) is 4.91 Å². The van der Waals surface area contributed by atoms with Crippen molar-refractivity contribution in [1.82, 2.24) is 5.32 Å². The van der Waals surface area contributed by atoms with Gasteiger partial charge in [-0.3, -0.25) is 0 Å². The van der Waals surface area contributed by atoms with Crippen LogP contribution in [0.15, 0.2) is 11.1 Å². The van der Waals surface area contributed by atoms with Crippen LogP contribution < -0.4 is 5.32 Å². The molecule has 0 bridgehead atoms. The molecule has 0 aromatic heterocycles. The summed E-state index contributed by atoms with van der Waals surface area (Å²) < 4.78 is 21.7. The van der Waals surface area contributed by atoms with Crippen LogP contribution in [0.3, 0.4) is 0 Å². The van der Waals surface area contributed by atoms with Crippen molar-refractivity contribution in [2.45, 2.75) is 26.8 Å². The molecule has 11 heavy (non-hydrogen) atoms. The Morgan fingerprint density at radius 3 is 2.18 bits per heavy atom. The Kier molecular flexibility index (Phi) is 3.58. The number of hydrogen-bond acceptors (Lipinski definition) is 3. The van der Waals surface area contributed by atoms with Gasteiger partial charge in [0.05, 0.1) is 4.91 Å². The molecule has 0 atom stereocenters. The van der Waals surface area contributed by atoms with Crippen LogP contribution in [0.1, 0.15) is 20.8 Å². The molecule has 4 heteroatoms. The predicted molar refractivity (Wildman–Crippen MR) is 46.9 cm³/mol. The summed E-state index contributed by atoms with van der Waals surface area (Å²) in [5, 5.41) is 2.91. The molecule has 0 aromatic rings. The summed E-state index contributed by atoms with van der Waals surface area (Å²) in [5.74, 6) is 0. The van der Waals surface area contributed by atoms with Gasteiger partial charge < -0.3 is 5.32 Å². The summed E-state index contributed by atoms with van der Waals surface area (Å²) in [5.41, 5.74) is 0. The summed E-state index contributed by atoms with van der Waals surface area (Å²) in [6, 6.07) is 0.270. The van der Waals surface area contributed by atoms with Crippen LogP contribution in [-0.2, 0) is 9.84 Å². The van der Waals surface area contributed by atoms with Crippen LogP contribution in [-0.4, -0.2) is 20.7 Å². The predicted octanol–water partition coefficient (Wildman–Crippen LogP) is 0.890. The third-order valence-electron chi connectivity index (χ3n) is 1.20. The lowest BCUT2D eigenvalue weighted by molar-refractivity contribution is 0.606. The average Bonchev–Trinajstić information content (AvgIpc) is 1.80. The van der Waals surface area contributed by atoms with Crippen molar-refractivity contribution in [3.63, 3.8) is 0 Å². The van der Waals surface area contributed by atoms with E-state index in [1.165, 1.54) is 12.5 Å². The van der Waals surface area contributed by atoms with Gasteiger partial charge in [0.15, 0.2) is 9.84 Å². The molecule has 0 saturated carbocycles. The molecule has 0 rings (SSSR count). The molecule has 3 nitrogen and oxygen atoms in total. The fourth-order valence-electron chi connectivity index (χ4n) is 0.391. The summed E-state index contributed by atoms with van der Waals surface area (Å²) in [4.78, 5) is 0.367. The van der Waals surface area contributed by atoms with Crippen molar-refractivity contribution in [1.29, 1.82) is 0 Å². The number of rotatable bonds is 3. The second-order valence-corrected chi connectivity index (χ2v) is 5.04. The van der Waals surface area contributed by atoms with E-state index in [0.717, 1.165) is 0 Å². The van der Waals surface area contributed by atoms with E-state index in [9.17, 15) is 8.42 Å². The highest BCUT2D eigenvalue weighted by Gasteiger charge is 2.03. The van der Waals surface area contributed by atoms with E-state index >= 15 is 0 Å². The Hall–Kier alpha value is -0.510. The molecule has 0 amide bonds. The summed E-state index contributed by atoms with van der Waals surface area (Å²) in [6.07, 6.45) is 2.72. The molecular formula is C7H15NO2S. The topological polar surface area (TPSA) is 46.2 Å². The molecule has 0 unspecified atom stereocenters. The third kappa shape index (κ3) is 4.84. The Labute approximate surface area is 68.4 Å². The van der Waals surface area contributed by atoms with Crippen molar-refractivity contribution in [3.05, 3.63) is 11.1 Å². The molecule has 0 saturated heterocycles. The molecule has 0 aromatic carbocycles. The quantitative estimate of drug-likeness (QED) is 0.696. The maximum Gasteiger partial charge on any atom is 0.172 e. The van der Waals surface area contributed by atoms with Gasteiger partial charge in [-0.15, -0.1) is 0 Å². The Bertz CT molecular complexity index is 239. The van der Waals surface area contributed by atoms with Gasteiger partial charge in [-0.2, -0.15) is 0 Å². The monoisotopic (exact) mass is 177 g/mol. The summed E-state index contributed by atoms with van der Waals surface area (Å²) >= 11 is 0. The zero-order valence-electron chi connectivity index (χ0n) is 7.38. The van der Waals surface area contributed by atoms with E-state index in [1.54, 1.807) is 6.92 Å². The smallest absolute Gasteiger partial charge is 0.172 e. The molecule has 66 valence electrons. The maximum atomic E-state index is 10.8. The first kappa shape index (κ1) is 10.5. The van der Waals surface area contributed by atoms with Crippen LogP contribution >= 0.6 is 0 Å². The average molecular weight is 177 g/mol. The van der Waals surface area contributed by atoms with Crippen LogP contribution in [0.4, 0.5) is 0 Å². The minimum Gasteiger partial charge on any atom is -0.388 e. The largest absolute Gasteiger partial charge is 0.388 e. The van der Waals surface area contributed by atoms with Crippen molar-refractivity contribution < 1.29 is 8.42 Å². The van der Waals surface area contributed by atoms with Crippen LogP contribution in [0, 0.1) is 0 Å². The van der Waals surface area contributed by atoms with Crippen LogP contribution in [0.2, 0.25) is 0 Å². The first-order chi connectivity index (χ1) is 4.84. The Morgan fingerprint density at radius 1 is 1.45 bits per heavy atom. The molecule has 0 aliphatic carbocycles. The Balaban J connectivity index is 4.26. The zero-order chi connectivity index (χ0) is 9.07. The van der Waals surface area contributed by atoms with Crippen molar-refractivity contribution in [2.75, 3.05) is 6.26 Å². The highest BCUT2D eigenvalue weighted by atomic mass is 32.2. The molecule has 0 fully saturated rings. The zero-order valence-corrected chi connectivity index (χ0v) is 8.20. The van der Waals surface area contributed by atoms with Gasteiger partial charge in [-0.25, -0.2) is 8.42 Å². The molecule has 0 radical (unpaired) electrons. The van der Waals surface area contributed by atoms with E-state index in [4.69, 9.17) is 0 Å². The third-order valence-corrected chi connectivity index (χ3v) is 2.49. The van der Waals surface area contributed by atoms with E-state index in [2.05, 4.69) is 5.32 Å². The highest BCUT2D eigenvalue weighted by Crippen LogP contribution is 2.00.